The Morgan fingerprint density at radius 1 is 1.33 bits per heavy atom. The van der Waals surface area contributed by atoms with Crippen molar-refractivity contribution in [3.05, 3.63) is 0 Å². The fraction of sp³-hybridized carbons (Fsp3) is 1.00. The predicted molar refractivity (Wildman–Crippen MR) is 20.8 cm³/mol. The van der Waals surface area contributed by atoms with E-state index in [-0.39, 0.29) is 0 Å². The van der Waals surface area contributed by atoms with Crippen molar-refractivity contribution in [2.75, 3.05) is 6.26 Å². The van der Waals surface area contributed by atoms with Gasteiger partial charge in [-0.05, 0) is 0 Å². The molecule has 0 heterocycles. The summed E-state index contributed by atoms with van der Waals surface area (Å²) in [7, 11) is -3.67. The standard InChI is InChI=1S/CH4O3S.3FH.Zn/c1-5(2,3)4;;;;/h1H3,(H,2,3,4);3*1H;/q;;;;+3/p-3. The molecule has 0 unspecified atom stereocenters. The Bertz CT molecular complexity index is 130. The molecule has 0 aromatic carbocycles. The molecule has 8 heteroatoms. The Kier molecular flexibility index (Phi) is 6.87. The Labute approximate surface area is 57.2 Å². The Balaban J connectivity index is 0. The second-order valence-corrected chi connectivity index (χ2v) is 3.77. The molecular weight excluding hydrogens is 214 g/mol. The summed E-state index contributed by atoms with van der Waals surface area (Å²) >= 11 is -5.12. The fourth-order valence-corrected chi connectivity index (χ4v) is 0. The molecule has 0 fully saturated rings. The second kappa shape index (κ2) is 5.14. The van der Waals surface area contributed by atoms with E-state index in [4.69, 9.17) is 4.55 Å². The monoisotopic (exact) mass is 217 g/mol. The molecule has 0 aromatic heterocycles. The van der Waals surface area contributed by atoms with Gasteiger partial charge >= 0.3 is 27.4 Å². The van der Waals surface area contributed by atoms with Crippen LogP contribution in [0.25, 0.3) is 0 Å². The maximum absolute atomic E-state index is 9.88. The van der Waals surface area contributed by atoms with Crippen molar-refractivity contribution in [2.45, 2.75) is 0 Å². The van der Waals surface area contributed by atoms with Gasteiger partial charge in [-0.2, -0.15) is 8.42 Å². The third kappa shape index (κ3) is 3180. The van der Waals surface area contributed by atoms with E-state index in [1.165, 1.54) is 0 Å². The van der Waals surface area contributed by atoms with E-state index in [2.05, 4.69) is 0 Å². The average molecular weight is 218 g/mol. The van der Waals surface area contributed by atoms with Gasteiger partial charge < -0.3 is 0 Å². The zero-order valence-corrected chi connectivity index (χ0v) is 8.30. The van der Waals surface area contributed by atoms with Gasteiger partial charge in [-0.1, -0.05) is 0 Å². The first kappa shape index (κ1) is 12.0. The Hall–Kier alpha value is 0.323. The van der Waals surface area contributed by atoms with E-state index in [0.717, 1.165) is 0 Å². The topological polar surface area (TPSA) is 54.4 Å². The first-order chi connectivity index (χ1) is 3.73. The van der Waals surface area contributed by atoms with E-state index in [0.29, 0.717) is 6.26 Å². The van der Waals surface area contributed by atoms with Gasteiger partial charge in [0.1, 0.15) is 0 Å². The van der Waals surface area contributed by atoms with Crippen LogP contribution in [0, 0.1) is 0 Å². The number of hydrogen-bond donors (Lipinski definition) is 1. The van der Waals surface area contributed by atoms with E-state index < -0.39 is 27.6 Å². The SMILES string of the molecule is CS(=O)(=O)O.[F][Zn]([F])[F]. The summed E-state index contributed by atoms with van der Waals surface area (Å²) in [6, 6.07) is 0. The number of hydrogen-bond acceptors (Lipinski definition) is 2. The van der Waals surface area contributed by atoms with Crippen LogP contribution in [0.3, 0.4) is 0 Å². The van der Waals surface area contributed by atoms with Crippen molar-refractivity contribution in [1.29, 1.82) is 0 Å². The van der Waals surface area contributed by atoms with Gasteiger partial charge in [0.15, 0.2) is 0 Å². The summed E-state index contributed by atoms with van der Waals surface area (Å²) < 4.78 is 55.5. The molecule has 0 aliphatic carbocycles. The zero-order valence-electron chi connectivity index (χ0n) is 4.51. The van der Waals surface area contributed by atoms with Crippen molar-refractivity contribution in [2.24, 2.45) is 0 Å². The van der Waals surface area contributed by atoms with Crippen molar-refractivity contribution in [1.82, 2.24) is 0 Å². The summed E-state index contributed by atoms with van der Waals surface area (Å²) in [4.78, 5) is 0. The van der Waals surface area contributed by atoms with E-state index >= 15 is 0 Å². The molecular formula is CH4F3O3SZn. The van der Waals surface area contributed by atoms with Crippen molar-refractivity contribution >= 4 is 10.1 Å². The number of rotatable bonds is 0. The molecule has 0 saturated heterocycles. The Morgan fingerprint density at radius 2 is 1.33 bits per heavy atom. The Morgan fingerprint density at radius 3 is 1.33 bits per heavy atom. The van der Waals surface area contributed by atoms with Crippen molar-refractivity contribution in [3.63, 3.8) is 0 Å². The minimum absolute atomic E-state index is 0.715. The molecule has 3 nitrogen and oxygen atoms in total. The molecule has 0 amide bonds. The van der Waals surface area contributed by atoms with Crippen molar-refractivity contribution < 1.29 is 40.4 Å². The summed E-state index contributed by atoms with van der Waals surface area (Å²) in [5, 5.41) is 0. The van der Waals surface area contributed by atoms with Crippen LogP contribution in [-0.4, -0.2) is 19.2 Å². The molecule has 0 saturated carbocycles. The van der Waals surface area contributed by atoms with Gasteiger partial charge in [0.2, 0.25) is 0 Å². The van der Waals surface area contributed by atoms with E-state index in [1.807, 2.05) is 0 Å². The van der Waals surface area contributed by atoms with Crippen LogP contribution in [0.5, 0.6) is 0 Å². The molecule has 9 heavy (non-hydrogen) atoms. The molecule has 1 N–H and O–H groups in total. The molecule has 0 rings (SSSR count). The van der Waals surface area contributed by atoms with Gasteiger partial charge in [-0.3, -0.25) is 4.55 Å². The zero-order chi connectivity index (χ0) is 8.08. The molecule has 0 radical (unpaired) electrons. The average Bonchev–Trinajstić information content (AvgIpc) is 1.19. The predicted octanol–water partition coefficient (Wildman–Crippen LogP) is 0.762. The van der Waals surface area contributed by atoms with E-state index in [9.17, 15) is 18.4 Å². The summed E-state index contributed by atoms with van der Waals surface area (Å²) in [6.45, 7) is 0. The van der Waals surface area contributed by atoms with Gasteiger partial charge in [0.25, 0.3) is 10.1 Å². The molecule has 0 atom stereocenters. The fourth-order valence-electron chi connectivity index (χ4n) is 0. The summed E-state index contributed by atoms with van der Waals surface area (Å²) in [6.07, 6.45) is 0.715. The molecule has 0 bridgehead atoms. The van der Waals surface area contributed by atoms with Crippen LogP contribution in [0.4, 0.5) is 9.95 Å². The van der Waals surface area contributed by atoms with Gasteiger partial charge in [0.05, 0.1) is 6.26 Å². The van der Waals surface area contributed by atoms with Crippen LogP contribution < -0.4 is 0 Å². The molecule has 55 valence electrons. The van der Waals surface area contributed by atoms with Gasteiger partial charge in [-0.15, -0.1) is 0 Å². The van der Waals surface area contributed by atoms with Gasteiger partial charge in [-0.25, -0.2) is 0 Å². The number of halogens is 3. The first-order valence-electron chi connectivity index (χ1n) is 1.73. The summed E-state index contributed by atoms with van der Waals surface area (Å²) in [5.74, 6) is 0. The van der Waals surface area contributed by atoms with Crippen LogP contribution in [0.1, 0.15) is 0 Å². The second-order valence-electron chi connectivity index (χ2n) is 1.04. The third-order valence-corrected chi connectivity index (χ3v) is 0. The van der Waals surface area contributed by atoms with Crippen LogP contribution in [-0.2, 0) is 27.6 Å². The quantitative estimate of drug-likeness (QED) is 0.482. The minimum atomic E-state index is -5.12. The summed E-state index contributed by atoms with van der Waals surface area (Å²) in [5.41, 5.74) is 0. The maximum atomic E-state index is 9.88. The molecule has 0 aliphatic rings. The molecule has 0 spiro atoms. The molecule has 0 aliphatic heterocycles. The van der Waals surface area contributed by atoms with Crippen LogP contribution >= 0.6 is 0 Å². The van der Waals surface area contributed by atoms with Crippen LogP contribution in [0.15, 0.2) is 0 Å². The normalized spacial score (nSPS) is 9.44. The third-order valence-electron chi connectivity index (χ3n) is 0. The van der Waals surface area contributed by atoms with Gasteiger partial charge in [0, 0.05) is 0 Å². The van der Waals surface area contributed by atoms with Crippen molar-refractivity contribution in [3.8, 4) is 0 Å². The van der Waals surface area contributed by atoms with E-state index in [1.54, 1.807) is 0 Å². The van der Waals surface area contributed by atoms with Crippen LogP contribution in [0.2, 0.25) is 0 Å². The first-order valence-corrected chi connectivity index (χ1v) is 6.94. The molecule has 0 aromatic rings.